The van der Waals surface area contributed by atoms with Gasteiger partial charge in [-0.1, -0.05) is 39.7 Å². The van der Waals surface area contributed by atoms with E-state index in [9.17, 15) is 19.2 Å². The van der Waals surface area contributed by atoms with Crippen LogP contribution in [0.5, 0.6) is 5.75 Å². The number of hydrogen-bond donors (Lipinski definition) is 1. The summed E-state index contributed by atoms with van der Waals surface area (Å²) in [5, 5.41) is 3.23. The number of methoxy groups -OCH3 is 1. The Morgan fingerprint density at radius 3 is 2.38 bits per heavy atom. The summed E-state index contributed by atoms with van der Waals surface area (Å²) < 4.78 is 11.3. The second-order valence-corrected chi connectivity index (χ2v) is 9.65. The second kappa shape index (κ2) is 11.6. The van der Waals surface area contributed by atoms with E-state index < -0.39 is 11.9 Å². The summed E-state index contributed by atoms with van der Waals surface area (Å²) >= 11 is 9.39. The number of nitrogens with one attached hydrogen (secondary N) is 1. The molecule has 1 heterocycles. The minimum Gasteiger partial charge on any atom is -0.495 e. The first kappa shape index (κ1) is 26.4. The zero-order valence-corrected chi connectivity index (χ0v) is 22.0. The van der Waals surface area contributed by atoms with Crippen LogP contribution < -0.4 is 15.0 Å². The van der Waals surface area contributed by atoms with Gasteiger partial charge >= 0.3 is 5.97 Å². The van der Waals surface area contributed by atoms with Crippen molar-refractivity contribution in [2.45, 2.75) is 6.42 Å². The van der Waals surface area contributed by atoms with Crippen LogP contribution in [-0.2, 0) is 14.3 Å². The first-order valence-corrected chi connectivity index (χ1v) is 12.4. The molecule has 0 bridgehead atoms. The van der Waals surface area contributed by atoms with Gasteiger partial charge in [-0.25, -0.2) is 4.79 Å². The molecule has 1 fully saturated rings. The molecule has 1 aliphatic rings. The SMILES string of the molecule is COc1ccc(Cl)cc1N1C[C@@H](C(=O)Nc2ccc(C(=O)OCC(=O)c3ccc(Br)cc3)cc2)CC1=O. The van der Waals surface area contributed by atoms with Gasteiger partial charge in [0.25, 0.3) is 0 Å². The molecule has 4 rings (SSSR count). The largest absolute Gasteiger partial charge is 0.495 e. The number of amides is 2. The number of ether oxygens (including phenoxy) is 2. The van der Waals surface area contributed by atoms with E-state index in [0.717, 1.165) is 4.47 Å². The maximum Gasteiger partial charge on any atom is 0.338 e. The molecule has 3 aromatic rings. The van der Waals surface area contributed by atoms with Gasteiger partial charge in [0.05, 0.1) is 24.3 Å². The molecular weight excluding hydrogens is 564 g/mol. The van der Waals surface area contributed by atoms with Crippen molar-refractivity contribution >= 4 is 62.5 Å². The molecule has 190 valence electrons. The topological polar surface area (TPSA) is 102 Å². The third-order valence-corrected chi connectivity index (χ3v) is 6.58. The number of benzene rings is 3. The van der Waals surface area contributed by atoms with Crippen LogP contribution in [0.15, 0.2) is 71.2 Å². The Bertz CT molecular complexity index is 1340. The Kier molecular flexibility index (Phi) is 8.25. The Morgan fingerprint density at radius 1 is 1.03 bits per heavy atom. The maximum atomic E-state index is 12.8. The summed E-state index contributed by atoms with van der Waals surface area (Å²) in [6.07, 6.45) is 0.0400. The lowest BCUT2D eigenvalue weighted by Crippen LogP contribution is -2.28. The van der Waals surface area contributed by atoms with Crippen molar-refractivity contribution in [1.29, 1.82) is 0 Å². The van der Waals surface area contributed by atoms with Gasteiger partial charge in [-0.15, -0.1) is 0 Å². The lowest BCUT2D eigenvalue weighted by Gasteiger charge is -2.20. The molecule has 10 heteroatoms. The minimum atomic E-state index is -0.657. The highest BCUT2D eigenvalue weighted by molar-refractivity contribution is 9.10. The molecule has 0 saturated carbocycles. The summed E-state index contributed by atoms with van der Waals surface area (Å²) in [6.45, 7) is -0.208. The fourth-order valence-corrected chi connectivity index (χ4v) is 4.29. The monoisotopic (exact) mass is 584 g/mol. The summed E-state index contributed by atoms with van der Waals surface area (Å²) in [5.74, 6) is -1.61. The summed E-state index contributed by atoms with van der Waals surface area (Å²) in [4.78, 5) is 51.5. The van der Waals surface area contributed by atoms with E-state index in [1.165, 1.54) is 24.1 Å². The molecule has 37 heavy (non-hydrogen) atoms. The molecule has 8 nitrogen and oxygen atoms in total. The van der Waals surface area contributed by atoms with Crippen LogP contribution in [0.25, 0.3) is 0 Å². The number of carbonyl (C=O) groups excluding carboxylic acids is 4. The number of ketones is 1. The van der Waals surface area contributed by atoms with Crippen LogP contribution in [0, 0.1) is 5.92 Å². The molecule has 3 aromatic carbocycles. The van der Waals surface area contributed by atoms with Gasteiger partial charge in [0.2, 0.25) is 11.8 Å². The third kappa shape index (κ3) is 6.36. The van der Waals surface area contributed by atoms with Crippen molar-refractivity contribution in [1.82, 2.24) is 0 Å². The van der Waals surface area contributed by atoms with E-state index in [4.69, 9.17) is 21.1 Å². The fourth-order valence-electron chi connectivity index (χ4n) is 3.86. The third-order valence-electron chi connectivity index (χ3n) is 5.82. The molecule has 1 N–H and O–H groups in total. The van der Waals surface area contributed by atoms with Gasteiger partial charge < -0.3 is 19.7 Å². The van der Waals surface area contributed by atoms with Crippen molar-refractivity contribution in [3.8, 4) is 5.75 Å². The zero-order valence-electron chi connectivity index (χ0n) is 19.7. The molecule has 1 saturated heterocycles. The molecule has 2 amide bonds. The van der Waals surface area contributed by atoms with Crippen molar-refractivity contribution in [2.24, 2.45) is 5.92 Å². The summed E-state index contributed by atoms with van der Waals surface area (Å²) in [5.41, 5.74) is 1.64. The number of hydrogen-bond acceptors (Lipinski definition) is 6. The predicted molar refractivity (Wildman–Crippen MR) is 142 cm³/mol. The highest BCUT2D eigenvalue weighted by Crippen LogP contribution is 2.35. The summed E-state index contributed by atoms with van der Waals surface area (Å²) in [7, 11) is 1.50. The molecule has 0 aromatic heterocycles. The van der Waals surface area contributed by atoms with E-state index in [-0.39, 0.29) is 42.7 Å². The second-order valence-electron chi connectivity index (χ2n) is 8.29. The van der Waals surface area contributed by atoms with Gasteiger partial charge in [-0.05, 0) is 54.6 Å². The number of carbonyl (C=O) groups is 4. The number of anilines is 2. The van der Waals surface area contributed by atoms with Crippen LogP contribution >= 0.6 is 27.5 Å². The van der Waals surface area contributed by atoms with E-state index in [0.29, 0.717) is 27.7 Å². The van der Waals surface area contributed by atoms with Crippen molar-refractivity contribution < 1.29 is 28.7 Å². The van der Waals surface area contributed by atoms with Gasteiger partial charge in [-0.3, -0.25) is 14.4 Å². The highest BCUT2D eigenvalue weighted by atomic mass is 79.9. The lowest BCUT2D eigenvalue weighted by molar-refractivity contribution is -0.122. The Labute approximate surface area is 226 Å². The lowest BCUT2D eigenvalue weighted by atomic mass is 10.1. The van der Waals surface area contributed by atoms with Gasteiger partial charge in [-0.2, -0.15) is 0 Å². The van der Waals surface area contributed by atoms with Crippen LogP contribution in [0.3, 0.4) is 0 Å². The van der Waals surface area contributed by atoms with Gasteiger partial charge in [0.1, 0.15) is 5.75 Å². The highest BCUT2D eigenvalue weighted by Gasteiger charge is 2.36. The Balaban J connectivity index is 1.33. The van der Waals surface area contributed by atoms with Crippen LogP contribution in [0.2, 0.25) is 5.02 Å². The van der Waals surface area contributed by atoms with E-state index in [2.05, 4.69) is 21.2 Å². The first-order chi connectivity index (χ1) is 17.7. The molecule has 1 aliphatic heterocycles. The Hall–Kier alpha value is -3.69. The number of Topliss-reactive ketones (excluding diaryl/α,β-unsaturated/α-hetero) is 1. The van der Waals surface area contributed by atoms with Crippen LogP contribution in [0.4, 0.5) is 11.4 Å². The summed E-state index contributed by atoms with van der Waals surface area (Å²) in [6, 6.07) is 17.8. The Morgan fingerprint density at radius 2 is 1.70 bits per heavy atom. The molecule has 0 aliphatic carbocycles. The number of nitrogens with zero attached hydrogens (tertiary/aromatic N) is 1. The van der Waals surface area contributed by atoms with Gasteiger partial charge in [0.15, 0.2) is 12.4 Å². The maximum absolute atomic E-state index is 12.8. The normalized spacial score (nSPS) is 14.8. The predicted octanol–water partition coefficient (Wildman–Crippen LogP) is 5.14. The molecule has 0 radical (unpaired) electrons. The number of halogens is 2. The van der Waals surface area contributed by atoms with Crippen LogP contribution in [-0.4, -0.2) is 43.8 Å². The minimum absolute atomic E-state index is 0.0400. The average Bonchev–Trinajstić information content (AvgIpc) is 3.29. The number of rotatable bonds is 8. The first-order valence-electron chi connectivity index (χ1n) is 11.3. The van der Waals surface area contributed by atoms with E-state index >= 15 is 0 Å². The fraction of sp³-hybridized carbons (Fsp3) is 0.185. The smallest absolute Gasteiger partial charge is 0.338 e. The number of esters is 1. The van der Waals surface area contributed by atoms with Crippen LogP contribution in [0.1, 0.15) is 27.1 Å². The van der Waals surface area contributed by atoms with Crippen molar-refractivity contribution in [2.75, 3.05) is 30.5 Å². The average molecular weight is 586 g/mol. The van der Waals surface area contributed by atoms with E-state index in [1.54, 1.807) is 54.6 Å². The quantitative estimate of drug-likeness (QED) is 0.290. The van der Waals surface area contributed by atoms with Gasteiger partial charge in [0, 0.05) is 33.7 Å². The molecular formula is C27H22BrClN2O6. The van der Waals surface area contributed by atoms with Crippen molar-refractivity contribution in [3.05, 3.63) is 87.4 Å². The molecule has 1 atom stereocenters. The van der Waals surface area contributed by atoms with Crippen molar-refractivity contribution in [3.63, 3.8) is 0 Å². The standard InChI is InChI=1S/C27H22BrClN2O6/c1-36-24-11-8-20(29)13-22(24)31-14-18(12-25(31)33)26(34)30-21-9-4-17(5-10-21)27(35)37-15-23(32)16-2-6-19(28)7-3-16/h2-11,13,18H,12,14-15H2,1H3,(H,30,34)/t18-/m0/s1. The van der Waals surface area contributed by atoms with E-state index in [1.807, 2.05) is 0 Å². The molecule has 0 spiro atoms. The zero-order chi connectivity index (χ0) is 26.5. The molecule has 0 unspecified atom stereocenters.